The summed E-state index contributed by atoms with van der Waals surface area (Å²) >= 11 is 0. The molecule has 1 fully saturated rings. The molecule has 1 aliphatic heterocycles. The lowest BCUT2D eigenvalue weighted by Gasteiger charge is -2.36. The van der Waals surface area contributed by atoms with Crippen LogP contribution in [0, 0.1) is 0 Å². The van der Waals surface area contributed by atoms with Gasteiger partial charge in [-0.1, -0.05) is 24.6 Å². The van der Waals surface area contributed by atoms with Crippen molar-refractivity contribution in [1.82, 2.24) is 10.2 Å². The average molecular weight is 421 g/mol. The second-order valence-electron chi connectivity index (χ2n) is 7.77. The first-order valence-corrected chi connectivity index (χ1v) is 10.6. The van der Waals surface area contributed by atoms with Crippen LogP contribution in [0.5, 0.6) is 5.75 Å². The molecule has 31 heavy (non-hydrogen) atoms. The lowest BCUT2D eigenvalue weighted by atomic mass is 10.00. The van der Waals surface area contributed by atoms with Gasteiger partial charge in [-0.05, 0) is 49.2 Å². The number of methoxy groups -OCH3 is 1. The van der Waals surface area contributed by atoms with E-state index in [9.17, 15) is 9.59 Å². The molecule has 2 amide bonds. The van der Waals surface area contributed by atoms with E-state index in [4.69, 9.17) is 9.15 Å². The van der Waals surface area contributed by atoms with E-state index in [0.29, 0.717) is 24.4 Å². The highest BCUT2D eigenvalue weighted by Gasteiger charge is 2.24. The van der Waals surface area contributed by atoms with Crippen molar-refractivity contribution in [2.75, 3.05) is 25.5 Å². The van der Waals surface area contributed by atoms with Gasteiger partial charge in [-0.15, -0.1) is 0 Å². The average Bonchev–Trinajstić information content (AvgIpc) is 2.78. The zero-order valence-corrected chi connectivity index (χ0v) is 17.6. The third-order valence-corrected chi connectivity index (χ3v) is 5.69. The van der Waals surface area contributed by atoms with Crippen molar-refractivity contribution in [2.45, 2.75) is 31.8 Å². The van der Waals surface area contributed by atoms with Gasteiger partial charge < -0.3 is 19.8 Å². The van der Waals surface area contributed by atoms with E-state index >= 15 is 0 Å². The fourth-order valence-corrected chi connectivity index (χ4v) is 4.09. The van der Waals surface area contributed by atoms with E-state index in [0.717, 1.165) is 42.4 Å². The number of nitrogens with one attached hydrogen (secondary N) is 2. The summed E-state index contributed by atoms with van der Waals surface area (Å²) in [6.45, 7) is 2.09. The van der Waals surface area contributed by atoms with Gasteiger partial charge >= 0.3 is 11.7 Å². The van der Waals surface area contributed by atoms with Crippen molar-refractivity contribution in [3.63, 3.8) is 0 Å². The van der Waals surface area contributed by atoms with Gasteiger partial charge in [0.2, 0.25) is 0 Å². The second kappa shape index (κ2) is 9.66. The lowest BCUT2D eigenvalue weighted by molar-refractivity contribution is 0.139. The molecule has 1 unspecified atom stereocenters. The fraction of sp³-hybridized carbons (Fsp3) is 0.333. The molecule has 7 heteroatoms. The summed E-state index contributed by atoms with van der Waals surface area (Å²) in [6, 6.07) is 16.5. The van der Waals surface area contributed by atoms with Crippen molar-refractivity contribution < 1.29 is 13.9 Å². The molecular formula is C24H27N3O4. The molecule has 1 atom stereocenters. The van der Waals surface area contributed by atoms with Crippen LogP contribution >= 0.6 is 0 Å². The quantitative estimate of drug-likeness (QED) is 0.588. The number of nitrogens with zero attached hydrogens (tertiary/aromatic N) is 1. The first-order valence-electron chi connectivity index (χ1n) is 10.6. The number of carbonyl (C=O) groups excluding carboxylic acids is 1. The molecule has 3 aromatic rings. The Balaban J connectivity index is 1.45. The highest BCUT2D eigenvalue weighted by atomic mass is 16.5. The van der Waals surface area contributed by atoms with Crippen LogP contribution in [0.15, 0.2) is 63.8 Å². The van der Waals surface area contributed by atoms with Gasteiger partial charge in [0, 0.05) is 42.3 Å². The van der Waals surface area contributed by atoms with E-state index in [2.05, 4.69) is 15.5 Å². The number of rotatable bonds is 6. The third-order valence-electron chi connectivity index (χ3n) is 5.69. The van der Waals surface area contributed by atoms with Crippen LogP contribution in [0.4, 0.5) is 10.5 Å². The van der Waals surface area contributed by atoms with Crippen LogP contribution in [-0.4, -0.2) is 37.2 Å². The molecule has 1 saturated heterocycles. The Labute approximate surface area is 181 Å². The Kier molecular flexibility index (Phi) is 6.52. The molecular weight excluding hydrogens is 394 g/mol. The summed E-state index contributed by atoms with van der Waals surface area (Å²) < 4.78 is 10.6. The van der Waals surface area contributed by atoms with Crippen LogP contribution < -0.4 is 21.0 Å². The number of fused-ring (bicyclic) bond motifs is 1. The van der Waals surface area contributed by atoms with E-state index < -0.39 is 0 Å². The van der Waals surface area contributed by atoms with Gasteiger partial charge in [0.1, 0.15) is 11.3 Å². The molecule has 1 aliphatic rings. The molecule has 0 aliphatic carbocycles. The van der Waals surface area contributed by atoms with Crippen LogP contribution in [0.3, 0.4) is 0 Å². The Morgan fingerprint density at radius 3 is 2.81 bits per heavy atom. The normalized spacial score (nSPS) is 16.7. The zero-order chi connectivity index (χ0) is 21.6. The highest BCUT2D eigenvalue weighted by molar-refractivity contribution is 5.89. The van der Waals surface area contributed by atoms with Crippen molar-refractivity contribution in [2.24, 2.45) is 0 Å². The van der Waals surface area contributed by atoms with E-state index in [1.807, 2.05) is 42.5 Å². The molecule has 4 rings (SSSR count). The van der Waals surface area contributed by atoms with Gasteiger partial charge in [0.25, 0.3) is 0 Å². The van der Waals surface area contributed by atoms with Gasteiger partial charge in [-0.3, -0.25) is 4.90 Å². The van der Waals surface area contributed by atoms with Crippen LogP contribution in [0.25, 0.3) is 11.0 Å². The number of likely N-dealkylation sites (tertiary alicyclic amines) is 1. The molecule has 7 nitrogen and oxygen atoms in total. The second-order valence-corrected chi connectivity index (χ2v) is 7.77. The van der Waals surface area contributed by atoms with Crippen molar-refractivity contribution >= 4 is 22.7 Å². The number of para-hydroxylation sites is 1. The molecule has 2 N–H and O–H groups in total. The first-order chi connectivity index (χ1) is 15.1. The zero-order valence-electron chi connectivity index (χ0n) is 17.6. The van der Waals surface area contributed by atoms with Crippen LogP contribution in [0.1, 0.15) is 24.8 Å². The predicted octanol–water partition coefficient (Wildman–Crippen LogP) is 3.98. The van der Waals surface area contributed by atoms with E-state index in [1.54, 1.807) is 19.2 Å². The molecule has 162 valence electrons. The standard InChI is InChI=1S/C24H27N3O4/c1-30-20-10-11-21-17(13-23(28)31-22(21)14-20)16-27-12-6-5-9-19(27)15-25-24(29)26-18-7-3-2-4-8-18/h2-4,7-8,10-11,13-14,19H,5-6,9,12,15-16H2,1H3,(H2,25,26,29). The van der Waals surface area contributed by atoms with Gasteiger partial charge in [0.15, 0.2) is 0 Å². The Morgan fingerprint density at radius 1 is 1.16 bits per heavy atom. The van der Waals surface area contributed by atoms with E-state index in [-0.39, 0.29) is 17.7 Å². The number of urea groups is 1. The highest BCUT2D eigenvalue weighted by Crippen LogP contribution is 2.26. The first kappa shape index (κ1) is 20.9. The largest absolute Gasteiger partial charge is 0.497 e. The monoisotopic (exact) mass is 421 g/mol. The summed E-state index contributed by atoms with van der Waals surface area (Å²) in [5.74, 6) is 0.650. The molecule has 2 heterocycles. The van der Waals surface area contributed by atoms with Gasteiger partial charge in [-0.25, -0.2) is 9.59 Å². The molecule has 0 saturated carbocycles. The fourth-order valence-electron chi connectivity index (χ4n) is 4.09. The smallest absolute Gasteiger partial charge is 0.336 e. The van der Waals surface area contributed by atoms with Crippen LogP contribution in [0.2, 0.25) is 0 Å². The maximum absolute atomic E-state index is 12.3. The van der Waals surface area contributed by atoms with Crippen molar-refractivity contribution in [1.29, 1.82) is 0 Å². The van der Waals surface area contributed by atoms with Crippen molar-refractivity contribution in [3.8, 4) is 5.75 Å². The number of hydrogen-bond acceptors (Lipinski definition) is 5. The number of carbonyl (C=O) groups is 1. The Bertz CT molecular complexity index is 1100. The minimum atomic E-state index is -0.371. The maximum Gasteiger partial charge on any atom is 0.336 e. The predicted molar refractivity (Wildman–Crippen MR) is 121 cm³/mol. The van der Waals surface area contributed by atoms with E-state index in [1.165, 1.54) is 0 Å². The number of piperidine rings is 1. The summed E-state index contributed by atoms with van der Waals surface area (Å²) in [5.41, 5.74) is 1.84. The molecule has 1 aromatic heterocycles. The molecule has 0 radical (unpaired) electrons. The number of ether oxygens (including phenoxy) is 1. The number of benzene rings is 2. The minimum absolute atomic E-state index is 0.204. The third kappa shape index (κ3) is 5.24. The molecule has 2 aromatic carbocycles. The summed E-state index contributed by atoms with van der Waals surface area (Å²) in [6.07, 6.45) is 3.22. The van der Waals surface area contributed by atoms with Gasteiger partial charge in [0.05, 0.1) is 7.11 Å². The Morgan fingerprint density at radius 2 is 2.00 bits per heavy atom. The topological polar surface area (TPSA) is 83.8 Å². The summed E-state index contributed by atoms with van der Waals surface area (Å²) in [5, 5.41) is 6.75. The molecule has 0 spiro atoms. The SMILES string of the molecule is COc1ccc2c(CN3CCCCC3CNC(=O)Nc3ccccc3)cc(=O)oc2c1. The minimum Gasteiger partial charge on any atom is -0.497 e. The Hall–Kier alpha value is -3.32. The lowest BCUT2D eigenvalue weighted by Crippen LogP contribution is -2.47. The summed E-state index contributed by atoms with van der Waals surface area (Å²) in [4.78, 5) is 26.8. The number of hydrogen-bond donors (Lipinski definition) is 2. The van der Waals surface area contributed by atoms with Crippen LogP contribution in [-0.2, 0) is 6.54 Å². The number of amides is 2. The summed E-state index contributed by atoms with van der Waals surface area (Å²) in [7, 11) is 1.59. The maximum atomic E-state index is 12.3. The number of anilines is 1. The van der Waals surface area contributed by atoms with Crippen molar-refractivity contribution in [3.05, 3.63) is 70.6 Å². The van der Waals surface area contributed by atoms with Gasteiger partial charge in [-0.2, -0.15) is 0 Å². The molecule has 0 bridgehead atoms.